The molecule has 30 heavy (non-hydrogen) atoms. The van der Waals surface area contributed by atoms with E-state index in [1.54, 1.807) is 0 Å². The molecule has 0 spiro atoms. The van der Waals surface area contributed by atoms with Crippen molar-refractivity contribution >= 4 is 17.6 Å². The van der Waals surface area contributed by atoms with Crippen molar-refractivity contribution < 1.29 is 26.6 Å². The minimum atomic E-state index is -2.96. The Balaban J connectivity index is 6.03. The van der Waals surface area contributed by atoms with Gasteiger partial charge in [-0.05, 0) is 54.4 Å². The number of unbranched alkanes of at least 4 members (excludes halogenated alkanes) is 2. The number of hydrogen-bond donors (Lipinski definition) is 1. The van der Waals surface area contributed by atoms with E-state index >= 15 is 0 Å². The lowest BCUT2D eigenvalue weighted by Crippen LogP contribution is -2.70. The van der Waals surface area contributed by atoms with Gasteiger partial charge in [0, 0.05) is 39.6 Å². The Bertz CT molecular complexity index is 372. The molecule has 0 aliphatic heterocycles. The van der Waals surface area contributed by atoms with E-state index in [1.165, 1.54) is 0 Å². The summed E-state index contributed by atoms with van der Waals surface area (Å²) in [5.74, 6) is 0. The first-order valence-corrected chi connectivity index (χ1v) is 15.7. The van der Waals surface area contributed by atoms with E-state index in [1.807, 2.05) is 41.5 Å². The molecule has 0 fully saturated rings. The van der Waals surface area contributed by atoms with Gasteiger partial charge in [-0.15, -0.1) is 0 Å². The van der Waals surface area contributed by atoms with Crippen molar-refractivity contribution in [2.75, 3.05) is 39.6 Å². The monoisotopic (exact) mass is 467 g/mol. The van der Waals surface area contributed by atoms with Crippen molar-refractivity contribution in [2.24, 2.45) is 0 Å². The highest BCUT2D eigenvalue weighted by Crippen LogP contribution is 2.25. The Hall–Kier alpha value is 0.154. The SMILES string of the molecule is CCCCCC(NC(CC)[Si](OCC)(OCC)OCC)[Si](OCC)(OCC)OCC. The third kappa shape index (κ3) is 9.34. The van der Waals surface area contributed by atoms with Crippen molar-refractivity contribution in [1.82, 2.24) is 5.32 Å². The fraction of sp³-hybridized carbons (Fsp3) is 1.00. The molecule has 0 saturated heterocycles. The zero-order chi connectivity index (χ0) is 22.9. The van der Waals surface area contributed by atoms with Crippen molar-refractivity contribution in [3.05, 3.63) is 0 Å². The molecule has 0 heterocycles. The minimum Gasteiger partial charge on any atom is -0.373 e. The lowest BCUT2D eigenvalue weighted by molar-refractivity contribution is 0.0430. The van der Waals surface area contributed by atoms with Crippen LogP contribution in [0.3, 0.4) is 0 Å². The summed E-state index contributed by atoms with van der Waals surface area (Å²) in [6.45, 7) is 19.7. The second-order valence-electron chi connectivity index (χ2n) is 6.98. The molecule has 1 N–H and O–H groups in total. The molecule has 0 aromatic rings. The Morgan fingerprint density at radius 2 is 0.900 bits per heavy atom. The van der Waals surface area contributed by atoms with E-state index in [4.69, 9.17) is 26.6 Å². The van der Waals surface area contributed by atoms with Crippen LogP contribution in [0.15, 0.2) is 0 Å². The van der Waals surface area contributed by atoms with Crippen LogP contribution in [0.4, 0.5) is 0 Å². The largest absolute Gasteiger partial charge is 0.518 e. The van der Waals surface area contributed by atoms with E-state index in [9.17, 15) is 0 Å². The molecule has 0 aliphatic carbocycles. The third-order valence-corrected chi connectivity index (χ3v) is 11.7. The van der Waals surface area contributed by atoms with Crippen LogP contribution in [0.2, 0.25) is 0 Å². The van der Waals surface area contributed by atoms with E-state index in [2.05, 4.69) is 19.2 Å². The molecule has 0 rings (SSSR count). The van der Waals surface area contributed by atoms with Gasteiger partial charge in [0.15, 0.2) is 0 Å². The maximum absolute atomic E-state index is 6.27. The van der Waals surface area contributed by atoms with Crippen molar-refractivity contribution in [2.45, 2.75) is 98.8 Å². The zero-order valence-corrected chi connectivity index (χ0v) is 22.9. The van der Waals surface area contributed by atoms with Crippen LogP contribution in [-0.4, -0.2) is 68.6 Å². The highest BCUT2D eigenvalue weighted by molar-refractivity contribution is 6.64. The molecule has 0 saturated carbocycles. The summed E-state index contributed by atoms with van der Waals surface area (Å²) >= 11 is 0. The van der Waals surface area contributed by atoms with Gasteiger partial charge >= 0.3 is 17.6 Å². The van der Waals surface area contributed by atoms with E-state index in [0.29, 0.717) is 39.6 Å². The first-order chi connectivity index (χ1) is 14.5. The quantitative estimate of drug-likeness (QED) is 0.197. The second-order valence-corrected chi connectivity index (χ2v) is 12.5. The van der Waals surface area contributed by atoms with Gasteiger partial charge in [-0.2, -0.15) is 0 Å². The van der Waals surface area contributed by atoms with Gasteiger partial charge < -0.3 is 31.9 Å². The summed E-state index contributed by atoms with van der Waals surface area (Å²) in [5.41, 5.74) is -0.0979. The number of rotatable bonds is 21. The van der Waals surface area contributed by atoms with Crippen molar-refractivity contribution in [1.29, 1.82) is 0 Å². The van der Waals surface area contributed by atoms with Crippen LogP contribution in [0.1, 0.15) is 87.5 Å². The van der Waals surface area contributed by atoms with Crippen LogP contribution >= 0.6 is 0 Å². The molecule has 0 bridgehead atoms. The van der Waals surface area contributed by atoms with Crippen LogP contribution in [0, 0.1) is 0 Å². The molecule has 0 aliphatic rings. The van der Waals surface area contributed by atoms with Gasteiger partial charge in [0.1, 0.15) is 0 Å². The predicted molar refractivity (Wildman–Crippen MR) is 126 cm³/mol. The highest BCUT2D eigenvalue weighted by Gasteiger charge is 2.55. The molecule has 2 atom stereocenters. The molecule has 2 unspecified atom stereocenters. The summed E-state index contributed by atoms with van der Waals surface area (Å²) in [6, 6.07) is 0. The predicted octanol–water partition coefficient (Wildman–Crippen LogP) is 4.48. The zero-order valence-electron chi connectivity index (χ0n) is 20.9. The average molecular weight is 468 g/mol. The van der Waals surface area contributed by atoms with E-state index in [0.717, 1.165) is 32.1 Å². The molecule has 9 heteroatoms. The Morgan fingerprint density at radius 1 is 0.533 bits per heavy atom. The fourth-order valence-electron chi connectivity index (χ4n) is 3.73. The molecule has 0 radical (unpaired) electrons. The summed E-state index contributed by atoms with van der Waals surface area (Å²) in [7, 11) is -5.90. The standard InChI is InChI=1S/C21H49NO6Si2/c1-9-17-18-19-21(30(26-14-6,27-15-7)28-16-8)22-20(10-2)29(23-11-3,24-12-4)25-13-5/h20-22H,9-19H2,1-8H3. The van der Waals surface area contributed by atoms with Crippen molar-refractivity contribution in [3.63, 3.8) is 0 Å². The van der Waals surface area contributed by atoms with Crippen LogP contribution in [0.5, 0.6) is 0 Å². The first-order valence-electron chi connectivity index (χ1n) is 12.1. The van der Waals surface area contributed by atoms with Gasteiger partial charge in [0.25, 0.3) is 0 Å². The third-order valence-electron chi connectivity index (χ3n) is 4.83. The molecule has 0 amide bonds. The molecule has 182 valence electrons. The molecule has 7 nitrogen and oxygen atoms in total. The topological polar surface area (TPSA) is 67.4 Å². The number of nitrogens with one attached hydrogen (secondary N) is 1. The van der Waals surface area contributed by atoms with Crippen LogP contribution < -0.4 is 5.32 Å². The van der Waals surface area contributed by atoms with Gasteiger partial charge in [-0.3, -0.25) is 0 Å². The Morgan fingerprint density at radius 3 is 1.20 bits per heavy atom. The second kappa shape index (κ2) is 17.7. The summed E-state index contributed by atoms with van der Waals surface area (Å²) in [6.07, 6.45) is 5.15. The average Bonchev–Trinajstić information content (AvgIpc) is 2.71. The summed E-state index contributed by atoms with van der Waals surface area (Å²) in [4.78, 5) is 0. The van der Waals surface area contributed by atoms with Gasteiger partial charge in [0.05, 0.1) is 11.3 Å². The van der Waals surface area contributed by atoms with Crippen molar-refractivity contribution in [3.8, 4) is 0 Å². The highest BCUT2D eigenvalue weighted by atomic mass is 28.4. The molecule has 0 aromatic heterocycles. The van der Waals surface area contributed by atoms with E-state index < -0.39 is 17.6 Å². The van der Waals surface area contributed by atoms with Gasteiger partial charge in [-0.25, -0.2) is 0 Å². The molecule has 0 aromatic carbocycles. The lowest BCUT2D eigenvalue weighted by atomic mass is 10.2. The summed E-state index contributed by atoms with van der Waals surface area (Å²) in [5, 5.41) is 3.83. The van der Waals surface area contributed by atoms with E-state index in [-0.39, 0.29) is 11.3 Å². The minimum absolute atomic E-state index is 0.0397. The maximum atomic E-state index is 6.27. The lowest BCUT2D eigenvalue weighted by Gasteiger charge is -2.41. The Labute approximate surface area is 188 Å². The van der Waals surface area contributed by atoms with Gasteiger partial charge in [-0.1, -0.05) is 33.1 Å². The van der Waals surface area contributed by atoms with Crippen LogP contribution in [-0.2, 0) is 26.6 Å². The normalized spacial score (nSPS) is 14.8. The maximum Gasteiger partial charge on any atom is 0.518 e. The molecular weight excluding hydrogens is 418 g/mol. The number of hydrogen-bond acceptors (Lipinski definition) is 7. The summed E-state index contributed by atoms with van der Waals surface area (Å²) < 4.78 is 37.4. The molecular formula is C21H49NO6Si2. The smallest absolute Gasteiger partial charge is 0.373 e. The van der Waals surface area contributed by atoms with Gasteiger partial charge in [0.2, 0.25) is 0 Å². The Kier molecular flexibility index (Phi) is 17.8. The van der Waals surface area contributed by atoms with Crippen LogP contribution in [0.25, 0.3) is 0 Å². The fourth-order valence-corrected chi connectivity index (χ4v) is 9.89. The first kappa shape index (κ1) is 30.2.